The Hall–Kier alpha value is -1.46. The minimum Gasteiger partial charge on any atom is -0.383 e. The van der Waals surface area contributed by atoms with Crippen LogP contribution in [0.5, 0.6) is 0 Å². The van der Waals surface area contributed by atoms with E-state index in [0.29, 0.717) is 30.1 Å². The third-order valence-corrected chi connectivity index (χ3v) is 2.15. The lowest BCUT2D eigenvalue weighted by Crippen LogP contribution is -2.31. The van der Waals surface area contributed by atoms with Crippen LogP contribution in [0.15, 0.2) is 23.2 Å². The summed E-state index contributed by atoms with van der Waals surface area (Å²) in [5, 5.41) is 0. The highest BCUT2D eigenvalue weighted by molar-refractivity contribution is 5.98. The van der Waals surface area contributed by atoms with Gasteiger partial charge in [-0.25, -0.2) is 10.2 Å². The van der Waals surface area contributed by atoms with Gasteiger partial charge in [0.25, 0.3) is 0 Å². The van der Waals surface area contributed by atoms with Gasteiger partial charge in [0.2, 0.25) is 0 Å². The summed E-state index contributed by atoms with van der Waals surface area (Å²) in [5.41, 5.74) is 3.67. The van der Waals surface area contributed by atoms with Crippen molar-refractivity contribution in [3.8, 4) is 0 Å². The first-order valence-corrected chi connectivity index (χ1v) is 4.95. The van der Waals surface area contributed by atoms with Crippen molar-refractivity contribution in [2.75, 3.05) is 20.3 Å². The van der Waals surface area contributed by atoms with Gasteiger partial charge < -0.3 is 10.2 Å². The Balaban J connectivity index is 2.86. The molecule has 0 heterocycles. The van der Waals surface area contributed by atoms with Crippen LogP contribution < -0.4 is 11.3 Å². The predicted molar refractivity (Wildman–Crippen MR) is 61.7 cm³/mol. The average molecular weight is 225 g/mol. The Morgan fingerprint density at radius 1 is 1.56 bits per heavy atom. The van der Waals surface area contributed by atoms with Crippen molar-refractivity contribution >= 4 is 5.84 Å². The number of aliphatic imine (C=N–C) groups is 1. The van der Waals surface area contributed by atoms with Gasteiger partial charge in [-0.05, 0) is 18.6 Å². The molecule has 0 atom stereocenters. The predicted octanol–water partition coefficient (Wildman–Crippen LogP) is 0.990. The number of aryl methyl sites for hydroxylation is 1. The van der Waals surface area contributed by atoms with Crippen molar-refractivity contribution in [3.63, 3.8) is 0 Å². The molecule has 4 nitrogen and oxygen atoms in total. The summed E-state index contributed by atoms with van der Waals surface area (Å²) in [7, 11) is 1.59. The second kappa shape index (κ2) is 6.19. The lowest BCUT2D eigenvalue weighted by Gasteiger charge is -2.07. The van der Waals surface area contributed by atoms with Crippen molar-refractivity contribution < 1.29 is 9.13 Å². The minimum atomic E-state index is -0.271. The molecule has 0 unspecified atom stereocenters. The van der Waals surface area contributed by atoms with Crippen LogP contribution in [0.4, 0.5) is 4.39 Å². The molecule has 0 aliphatic carbocycles. The molecular formula is C11H16FN3O. The largest absolute Gasteiger partial charge is 0.383 e. The number of hydrogen-bond donors (Lipinski definition) is 2. The van der Waals surface area contributed by atoms with Gasteiger partial charge in [-0.15, -0.1) is 0 Å². The molecule has 5 heteroatoms. The van der Waals surface area contributed by atoms with Crippen molar-refractivity contribution in [2.45, 2.75) is 6.92 Å². The number of hydrazine groups is 1. The molecule has 0 radical (unpaired) electrons. The Kier molecular flexibility index (Phi) is 4.88. The van der Waals surface area contributed by atoms with Gasteiger partial charge in [-0.1, -0.05) is 12.1 Å². The van der Waals surface area contributed by atoms with E-state index in [1.165, 1.54) is 6.07 Å². The second-order valence-corrected chi connectivity index (χ2v) is 3.33. The smallest absolute Gasteiger partial charge is 0.142 e. The zero-order chi connectivity index (χ0) is 12.0. The number of nitrogens with zero attached hydrogens (tertiary/aromatic N) is 1. The van der Waals surface area contributed by atoms with E-state index in [4.69, 9.17) is 10.6 Å². The molecule has 0 spiro atoms. The standard InChI is InChI=1S/C11H16FN3O/c1-8-3-4-9(7-10(8)12)11(15-13)14-5-6-16-2/h3-4,7H,5-6,13H2,1-2H3,(H,14,15). The lowest BCUT2D eigenvalue weighted by molar-refractivity contribution is 0.208. The number of nitrogens with two attached hydrogens (primary N) is 1. The van der Waals surface area contributed by atoms with Crippen LogP contribution in [0, 0.1) is 12.7 Å². The molecule has 1 aromatic carbocycles. The molecule has 0 aliphatic heterocycles. The van der Waals surface area contributed by atoms with Crippen molar-refractivity contribution in [2.24, 2.45) is 10.8 Å². The molecule has 0 fully saturated rings. The average Bonchev–Trinajstić information content (AvgIpc) is 2.29. The van der Waals surface area contributed by atoms with E-state index in [2.05, 4.69) is 10.4 Å². The van der Waals surface area contributed by atoms with Gasteiger partial charge in [-0.2, -0.15) is 0 Å². The molecule has 1 rings (SSSR count). The third kappa shape index (κ3) is 3.29. The van der Waals surface area contributed by atoms with E-state index in [9.17, 15) is 4.39 Å². The number of amidine groups is 1. The topological polar surface area (TPSA) is 59.6 Å². The quantitative estimate of drug-likeness (QED) is 0.264. The molecular weight excluding hydrogens is 209 g/mol. The van der Waals surface area contributed by atoms with Crippen LogP contribution in [0.1, 0.15) is 11.1 Å². The first-order valence-electron chi connectivity index (χ1n) is 4.95. The van der Waals surface area contributed by atoms with Crippen molar-refractivity contribution in [3.05, 3.63) is 35.1 Å². The van der Waals surface area contributed by atoms with Gasteiger partial charge in [0, 0.05) is 12.7 Å². The number of ether oxygens (including phenoxy) is 1. The van der Waals surface area contributed by atoms with Crippen LogP contribution in [-0.4, -0.2) is 26.1 Å². The molecule has 0 bridgehead atoms. The fraction of sp³-hybridized carbons (Fsp3) is 0.364. The van der Waals surface area contributed by atoms with Gasteiger partial charge in [0.15, 0.2) is 0 Å². The molecule has 88 valence electrons. The Bertz CT molecular complexity index is 379. The maximum Gasteiger partial charge on any atom is 0.142 e. The summed E-state index contributed by atoms with van der Waals surface area (Å²) in [6.45, 7) is 2.68. The molecule has 16 heavy (non-hydrogen) atoms. The molecule has 0 saturated heterocycles. The zero-order valence-corrected chi connectivity index (χ0v) is 9.46. The van der Waals surface area contributed by atoms with Gasteiger partial charge in [0.1, 0.15) is 11.7 Å². The maximum atomic E-state index is 13.3. The zero-order valence-electron chi connectivity index (χ0n) is 9.46. The van der Waals surface area contributed by atoms with E-state index in [1.807, 2.05) is 0 Å². The Labute approximate surface area is 94.3 Å². The summed E-state index contributed by atoms with van der Waals surface area (Å²) < 4.78 is 18.2. The van der Waals surface area contributed by atoms with Crippen LogP contribution in [-0.2, 0) is 4.74 Å². The second-order valence-electron chi connectivity index (χ2n) is 3.33. The third-order valence-electron chi connectivity index (χ3n) is 2.15. The summed E-state index contributed by atoms with van der Waals surface area (Å²) in [6, 6.07) is 4.86. The Morgan fingerprint density at radius 2 is 2.31 bits per heavy atom. The van der Waals surface area contributed by atoms with Crippen LogP contribution in [0.2, 0.25) is 0 Å². The fourth-order valence-electron chi connectivity index (χ4n) is 1.21. The molecule has 0 aliphatic rings. The van der Waals surface area contributed by atoms with Crippen LogP contribution >= 0.6 is 0 Å². The van der Waals surface area contributed by atoms with Crippen molar-refractivity contribution in [1.29, 1.82) is 0 Å². The molecule has 3 N–H and O–H groups in total. The van der Waals surface area contributed by atoms with E-state index in [0.717, 1.165) is 0 Å². The number of halogens is 1. The van der Waals surface area contributed by atoms with Gasteiger partial charge in [-0.3, -0.25) is 4.99 Å². The highest BCUT2D eigenvalue weighted by Crippen LogP contribution is 2.09. The lowest BCUT2D eigenvalue weighted by atomic mass is 10.1. The van der Waals surface area contributed by atoms with E-state index in [-0.39, 0.29) is 5.82 Å². The first-order chi connectivity index (χ1) is 7.69. The van der Waals surface area contributed by atoms with E-state index in [1.54, 1.807) is 26.2 Å². The monoisotopic (exact) mass is 225 g/mol. The number of methoxy groups -OCH3 is 1. The summed E-state index contributed by atoms with van der Waals surface area (Å²) >= 11 is 0. The summed E-state index contributed by atoms with van der Waals surface area (Å²) in [4.78, 5) is 4.16. The first kappa shape index (κ1) is 12.6. The Morgan fingerprint density at radius 3 is 2.88 bits per heavy atom. The SMILES string of the molecule is COCCN=C(NN)c1ccc(C)c(F)c1. The van der Waals surface area contributed by atoms with E-state index >= 15 is 0 Å². The summed E-state index contributed by atoms with van der Waals surface area (Å²) in [5.74, 6) is 5.51. The van der Waals surface area contributed by atoms with Gasteiger partial charge >= 0.3 is 0 Å². The minimum absolute atomic E-state index is 0.271. The number of benzene rings is 1. The number of nitrogens with one attached hydrogen (secondary N) is 1. The molecule has 0 amide bonds. The van der Waals surface area contributed by atoms with Crippen LogP contribution in [0.3, 0.4) is 0 Å². The highest BCUT2D eigenvalue weighted by Gasteiger charge is 2.04. The molecule has 0 aromatic heterocycles. The number of rotatable bonds is 4. The fourth-order valence-corrected chi connectivity index (χ4v) is 1.21. The number of hydrogen-bond acceptors (Lipinski definition) is 3. The van der Waals surface area contributed by atoms with Crippen LogP contribution in [0.25, 0.3) is 0 Å². The van der Waals surface area contributed by atoms with Crippen molar-refractivity contribution in [1.82, 2.24) is 5.43 Å². The molecule has 1 aromatic rings. The molecule has 0 saturated carbocycles. The normalized spacial score (nSPS) is 11.6. The van der Waals surface area contributed by atoms with E-state index < -0.39 is 0 Å². The maximum absolute atomic E-state index is 13.3. The van der Waals surface area contributed by atoms with Gasteiger partial charge in [0.05, 0.1) is 13.2 Å². The summed E-state index contributed by atoms with van der Waals surface area (Å²) in [6.07, 6.45) is 0. The highest BCUT2D eigenvalue weighted by atomic mass is 19.1.